The second-order valence-electron chi connectivity index (χ2n) is 17.1. The summed E-state index contributed by atoms with van der Waals surface area (Å²) in [6.07, 6.45) is 22.7. The molecule has 1 aliphatic carbocycles. The van der Waals surface area contributed by atoms with Gasteiger partial charge in [-0.05, 0) is 43.9 Å². The summed E-state index contributed by atoms with van der Waals surface area (Å²) in [4.78, 5) is 53.0. The zero-order valence-electron chi connectivity index (χ0n) is 37.7. The first-order chi connectivity index (χ1) is 29.4. The van der Waals surface area contributed by atoms with Gasteiger partial charge in [-0.15, -0.1) is 0 Å². The summed E-state index contributed by atoms with van der Waals surface area (Å²) in [6, 6.07) is 0. The van der Waals surface area contributed by atoms with Crippen LogP contribution in [0.2, 0.25) is 0 Å². The molecule has 18 heteroatoms. The van der Waals surface area contributed by atoms with Gasteiger partial charge in [-0.1, -0.05) is 141 Å². The Balaban J connectivity index is 2.56. The Kier molecular flexibility index (Phi) is 32.8. The fourth-order valence-corrected chi connectivity index (χ4v) is 8.39. The van der Waals surface area contributed by atoms with E-state index in [9.17, 15) is 44.0 Å². The van der Waals surface area contributed by atoms with E-state index >= 15 is 0 Å². The second-order valence-corrected chi connectivity index (χ2v) is 19.8. The number of rotatable bonds is 39. The number of ether oxygens (including phenoxy) is 2. The monoisotopic (exact) mass is 929 g/mol. The van der Waals surface area contributed by atoms with Crippen molar-refractivity contribution in [2.75, 3.05) is 26.4 Å². The number of allylic oxidation sites excluding steroid dienone is 2. The molecule has 1 aliphatic rings. The van der Waals surface area contributed by atoms with Crippen molar-refractivity contribution < 1.29 is 76.9 Å². The van der Waals surface area contributed by atoms with Crippen LogP contribution in [-0.4, -0.2) is 104 Å². The molecule has 0 aromatic rings. The first-order valence-electron chi connectivity index (χ1n) is 23.1. The average Bonchev–Trinajstić information content (AvgIpc) is 3.47. The van der Waals surface area contributed by atoms with Gasteiger partial charge in [-0.3, -0.25) is 23.2 Å². The molecule has 1 unspecified atom stereocenters. The molecule has 364 valence electrons. The molecule has 8 atom stereocenters. The van der Waals surface area contributed by atoms with Crippen LogP contribution in [-0.2, 0) is 41.8 Å². The van der Waals surface area contributed by atoms with Crippen LogP contribution in [0.3, 0.4) is 0 Å². The van der Waals surface area contributed by atoms with Gasteiger partial charge in [0.1, 0.15) is 12.7 Å². The Labute approximate surface area is 371 Å². The Bertz CT molecular complexity index is 1320. The van der Waals surface area contributed by atoms with Crippen LogP contribution >= 0.6 is 15.6 Å². The third-order valence-corrected chi connectivity index (χ3v) is 12.3. The number of esters is 2. The smallest absolute Gasteiger partial charge is 0.462 e. The molecule has 0 spiro atoms. The second kappa shape index (κ2) is 34.8. The third-order valence-electron chi connectivity index (χ3n) is 10.8. The first kappa shape index (κ1) is 58.5. The molecule has 0 heterocycles. The van der Waals surface area contributed by atoms with Crippen LogP contribution in [0, 0.1) is 17.8 Å². The summed E-state index contributed by atoms with van der Waals surface area (Å²) in [6.45, 7) is 3.70. The largest absolute Gasteiger partial charge is 0.472 e. The van der Waals surface area contributed by atoms with Gasteiger partial charge < -0.3 is 44.6 Å². The summed E-state index contributed by atoms with van der Waals surface area (Å²) >= 11 is 0. The fraction of sp³-hybridized carbons (Fsp3) is 0.864. The van der Waals surface area contributed by atoms with Gasteiger partial charge in [0.05, 0.1) is 38.1 Å². The van der Waals surface area contributed by atoms with Crippen LogP contribution < -0.4 is 0 Å². The zero-order chi connectivity index (χ0) is 46.2. The summed E-state index contributed by atoms with van der Waals surface area (Å²) in [5, 5.41) is 41.1. The molecule has 0 aliphatic heterocycles. The van der Waals surface area contributed by atoms with Crippen molar-refractivity contribution in [3.05, 3.63) is 24.3 Å². The molecule has 1 fully saturated rings. The molecule has 0 amide bonds. The number of carbonyl (C=O) groups excluding carboxylic acids is 2. The lowest BCUT2D eigenvalue weighted by Gasteiger charge is -2.20. The Morgan fingerprint density at radius 3 is 1.85 bits per heavy atom. The minimum atomic E-state index is -4.90. The van der Waals surface area contributed by atoms with E-state index < -0.39 is 84.5 Å². The highest BCUT2D eigenvalue weighted by atomic mass is 31.2. The molecule has 16 nitrogen and oxygen atoms in total. The Morgan fingerprint density at radius 1 is 0.677 bits per heavy atom. The van der Waals surface area contributed by atoms with Crippen LogP contribution in [0.25, 0.3) is 0 Å². The van der Waals surface area contributed by atoms with Gasteiger partial charge in [0.15, 0.2) is 6.10 Å². The van der Waals surface area contributed by atoms with E-state index in [4.69, 9.17) is 23.8 Å². The number of aliphatic hydroxyl groups is 4. The van der Waals surface area contributed by atoms with Crippen molar-refractivity contribution in [2.45, 2.75) is 199 Å². The first-order valence-corrected chi connectivity index (χ1v) is 26.2. The maximum Gasteiger partial charge on any atom is 0.472 e. The number of hydrogen-bond acceptors (Lipinski definition) is 13. The average molecular weight is 929 g/mol. The van der Waals surface area contributed by atoms with Crippen molar-refractivity contribution in [2.24, 2.45) is 17.8 Å². The van der Waals surface area contributed by atoms with E-state index in [0.29, 0.717) is 32.1 Å². The highest BCUT2D eigenvalue weighted by molar-refractivity contribution is 7.47. The minimum absolute atomic E-state index is 0.0433. The summed E-state index contributed by atoms with van der Waals surface area (Å²) in [5.74, 6) is -0.949. The topological polar surface area (TPSA) is 256 Å². The quantitative estimate of drug-likeness (QED) is 0.0133. The molecule has 0 saturated heterocycles. The number of phosphoric acid groups is 2. The van der Waals surface area contributed by atoms with E-state index in [2.05, 4.69) is 29.8 Å². The number of aliphatic hydroxyl groups excluding tert-OH is 4. The predicted molar refractivity (Wildman–Crippen MR) is 237 cm³/mol. The van der Waals surface area contributed by atoms with Gasteiger partial charge in [0.25, 0.3) is 0 Å². The van der Waals surface area contributed by atoms with Crippen molar-refractivity contribution in [3.8, 4) is 0 Å². The molecule has 0 aromatic heterocycles. The van der Waals surface area contributed by atoms with Gasteiger partial charge >= 0.3 is 27.6 Å². The Morgan fingerprint density at radius 2 is 1.24 bits per heavy atom. The molecule has 0 aromatic carbocycles. The SMILES string of the molecule is CCCCC[C@H](O)/C=C/[C@@H]1[C@@H](C/C=C/CCCC(=O)O[C@H](COC(=O)CCCCCCCCCCCCCCC(C)C)COP(=O)(O)OC[C@@H](O)COP(=O)(O)O)[C@@H](O)C[C@H]1O. The molecular formula is C44H82O16P2. The van der Waals surface area contributed by atoms with Crippen molar-refractivity contribution in [1.29, 1.82) is 0 Å². The van der Waals surface area contributed by atoms with Crippen LogP contribution in [0.4, 0.5) is 0 Å². The van der Waals surface area contributed by atoms with Crippen molar-refractivity contribution >= 4 is 27.6 Å². The summed E-state index contributed by atoms with van der Waals surface area (Å²) in [7, 11) is -9.77. The minimum Gasteiger partial charge on any atom is -0.462 e. The number of carbonyl (C=O) groups is 2. The summed E-state index contributed by atoms with van der Waals surface area (Å²) < 4.78 is 47.8. The third kappa shape index (κ3) is 32.2. The highest BCUT2D eigenvalue weighted by Crippen LogP contribution is 2.44. The maximum absolute atomic E-state index is 12.8. The lowest BCUT2D eigenvalue weighted by molar-refractivity contribution is -0.161. The maximum atomic E-state index is 12.8. The molecule has 1 saturated carbocycles. The molecular weight excluding hydrogens is 846 g/mol. The molecule has 0 bridgehead atoms. The highest BCUT2D eigenvalue weighted by Gasteiger charge is 2.39. The van der Waals surface area contributed by atoms with E-state index in [1.165, 1.54) is 57.8 Å². The van der Waals surface area contributed by atoms with Gasteiger partial charge in [0, 0.05) is 25.2 Å². The van der Waals surface area contributed by atoms with Gasteiger partial charge in [0.2, 0.25) is 0 Å². The molecule has 0 radical (unpaired) electrons. The van der Waals surface area contributed by atoms with Crippen molar-refractivity contribution in [3.63, 3.8) is 0 Å². The zero-order valence-corrected chi connectivity index (χ0v) is 39.5. The number of hydrogen-bond donors (Lipinski definition) is 7. The molecule has 62 heavy (non-hydrogen) atoms. The fourth-order valence-electron chi connectivity index (χ4n) is 7.23. The molecule has 7 N–H and O–H groups in total. The normalized spacial score (nSPS) is 20.8. The van der Waals surface area contributed by atoms with E-state index in [0.717, 1.165) is 44.4 Å². The Hall–Kier alpha value is -1.52. The van der Waals surface area contributed by atoms with Crippen LogP contribution in [0.5, 0.6) is 0 Å². The van der Waals surface area contributed by atoms with E-state index in [1.807, 2.05) is 12.2 Å². The van der Waals surface area contributed by atoms with Crippen molar-refractivity contribution in [1.82, 2.24) is 0 Å². The van der Waals surface area contributed by atoms with Crippen LogP contribution in [0.15, 0.2) is 24.3 Å². The van der Waals surface area contributed by atoms with Crippen LogP contribution in [0.1, 0.15) is 168 Å². The van der Waals surface area contributed by atoms with E-state index in [1.54, 1.807) is 12.2 Å². The standard InChI is InChI=1S/C44H82O16P2/c1-4-5-18-24-36(45)28-29-40-39(41(47)30-42(40)48)25-20-16-17-22-27-44(50)60-38(34-59-62(54,55)58-32-37(46)31-57-61(51,52)53)33-56-43(49)26-21-15-13-11-9-7-6-8-10-12-14-19-23-35(2)3/h16,20,28-29,35-42,45-48H,4-15,17-19,21-27,30-34H2,1-3H3,(H,54,55)(H2,51,52,53)/b20-16+,29-28+/t36-,37-,38+,39+,40+,41-,42+/m0/s1. The predicted octanol–water partition coefficient (Wildman–Crippen LogP) is 8.13. The lowest BCUT2D eigenvalue weighted by atomic mass is 9.89. The molecule has 1 rings (SSSR count). The van der Waals surface area contributed by atoms with Gasteiger partial charge in [-0.2, -0.15) is 0 Å². The number of unbranched alkanes of at least 4 members (excludes halogenated alkanes) is 14. The number of phosphoric ester groups is 2. The van der Waals surface area contributed by atoms with E-state index in [-0.39, 0.29) is 31.1 Å². The summed E-state index contributed by atoms with van der Waals surface area (Å²) in [5.41, 5.74) is 0. The van der Waals surface area contributed by atoms with Gasteiger partial charge in [-0.25, -0.2) is 9.13 Å². The lowest BCUT2D eigenvalue weighted by Crippen LogP contribution is -2.29.